The maximum Gasteiger partial charge on any atom is 0.161 e. The molecule has 2 rings (SSSR count). The molecule has 0 bridgehead atoms. The molecular weight excluding hydrogens is 242 g/mol. The Bertz CT molecular complexity index is 591. The van der Waals surface area contributed by atoms with Crippen molar-refractivity contribution < 1.29 is 9.47 Å². The minimum absolute atomic E-state index is 0.396. The fourth-order valence-corrected chi connectivity index (χ4v) is 2.23. The summed E-state index contributed by atoms with van der Waals surface area (Å²) in [5.41, 5.74) is 10.8. The van der Waals surface area contributed by atoms with E-state index >= 15 is 0 Å². The SMILES string of the molecule is COc1cc(C)c(-c2c(CN)n[nH]c2C)cc1OC. The van der Waals surface area contributed by atoms with Crippen LogP contribution in [-0.2, 0) is 6.54 Å². The quantitative estimate of drug-likeness (QED) is 0.884. The largest absolute Gasteiger partial charge is 0.493 e. The lowest BCUT2D eigenvalue weighted by molar-refractivity contribution is 0.355. The van der Waals surface area contributed by atoms with Crippen molar-refractivity contribution in [2.75, 3.05) is 14.2 Å². The Morgan fingerprint density at radius 1 is 1.16 bits per heavy atom. The van der Waals surface area contributed by atoms with E-state index in [2.05, 4.69) is 10.2 Å². The highest BCUT2D eigenvalue weighted by molar-refractivity contribution is 5.74. The van der Waals surface area contributed by atoms with Crippen LogP contribution in [0, 0.1) is 13.8 Å². The van der Waals surface area contributed by atoms with Gasteiger partial charge < -0.3 is 15.2 Å². The molecule has 0 aliphatic heterocycles. The van der Waals surface area contributed by atoms with Crippen molar-refractivity contribution in [3.8, 4) is 22.6 Å². The molecule has 0 aliphatic rings. The first kappa shape index (κ1) is 13.4. The van der Waals surface area contributed by atoms with Crippen LogP contribution >= 0.6 is 0 Å². The molecule has 0 atom stereocenters. The molecule has 19 heavy (non-hydrogen) atoms. The summed E-state index contributed by atoms with van der Waals surface area (Å²) >= 11 is 0. The second-order valence-corrected chi connectivity index (χ2v) is 4.40. The lowest BCUT2D eigenvalue weighted by atomic mass is 9.98. The molecule has 0 aliphatic carbocycles. The molecule has 0 spiro atoms. The standard InChI is InChI=1S/C14H19N3O2/c1-8-5-12(18-3)13(19-4)6-10(8)14-9(2)16-17-11(14)7-15/h5-6H,7,15H2,1-4H3,(H,16,17). The molecular formula is C14H19N3O2. The van der Waals surface area contributed by atoms with E-state index in [1.807, 2.05) is 26.0 Å². The zero-order chi connectivity index (χ0) is 14.0. The summed E-state index contributed by atoms with van der Waals surface area (Å²) in [5, 5.41) is 7.21. The number of aryl methyl sites for hydroxylation is 2. The maximum absolute atomic E-state index is 5.74. The molecule has 1 aromatic carbocycles. The summed E-state index contributed by atoms with van der Waals surface area (Å²) in [6, 6.07) is 3.92. The first-order valence-corrected chi connectivity index (χ1v) is 6.09. The van der Waals surface area contributed by atoms with Crippen LogP contribution in [0.15, 0.2) is 12.1 Å². The molecule has 0 fully saturated rings. The number of hydrogen-bond acceptors (Lipinski definition) is 4. The van der Waals surface area contributed by atoms with Crippen molar-refractivity contribution >= 4 is 0 Å². The molecule has 1 aromatic heterocycles. The minimum atomic E-state index is 0.396. The van der Waals surface area contributed by atoms with E-state index in [4.69, 9.17) is 15.2 Å². The molecule has 1 heterocycles. The molecule has 3 N–H and O–H groups in total. The van der Waals surface area contributed by atoms with Gasteiger partial charge in [-0.15, -0.1) is 0 Å². The first-order valence-electron chi connectivity index (χ1n) is 6.09. The van der Waals surface area contributed by atoms with Gasteiger partial charge in [-0.2, -0.15) is 5.10 Å². The van der Waals surface area contributed by atoms with Crippen LogP contribution < -0.4 is 15.2 Å². The fourth-order valence-electron chi connectivity index (χ4n) is 2.23. The summed E-state index contributed by atoms with van der Waals surface area (Å²) in [4.78, 5) is 0. The molecule has 0 saturated heterocycles. The predicted octanol–water partition coefficient (Wildman–Crippen LogP) is 2.17. The number of nitrogens with zero attached hydrogens (tertiary/aromatic N) is 1. The number of aromatic amines is 1. The smallest absolute Gasteiger partial charge is 0.161 e. The first-order chi connectivity index (χ1) is 9.12. The number of ether oxygens (including phenoxy) is 2. The van der Waals surface area contributed by atoms with E-state index in [1.54, 1.807) is 14.2 Å². The normalized spacial score (nSPS) is 10.6. The number of aromatic nitrogens is 2. The highest BCUT2D eigenvalue weighted by atomic mass is 16.5. The molecule has 5 nitrogen and oxygen atoms in total. The van der Waals surface area contributed by atoms with E-state index < -0.39 is 0 Å². The minimum Gasteiger partial charge on any atom is -0.493 e. The van der Waals surface area contributed by atoms with Gasteiger partial charge >= 0.3 is 0 Å². The Morgan fingerprint density at radius 2 is 1.79 bits per heavy atom. The molecule has 0 radical (unpaired) electrons. The van der Waals surface area contributed by atoms with Crippen LogP contribution in [0.3, 0.4) is 0 Å². The van der Waals surface area contributed by atoms with Gasteiger partial charge in [0.15, 0.2) is 11.5 Å². The van der Waals surface area contributed by atoms with Gasteiger partial charge in [0.25, 0.3) is 0 Å². The van der Waals surface area contributed by atoms with Crippen molar-refractivity contribution in [1.29, 1.82) is 0 Å². The van der Waals surface area contributed by atoms with Crippen molar-refractivity contribution in [1.82, 2.24) is 10.2 Å². The number of methoxy groups -OCH3 is 2. The van der Waals surface area contributed by atoms with Crippen LogP contribution in [0.25, 0.3) is 11.1 Å². The number of rotatable bonds is 4. The average Bonchev–Trinajstić information content (AvgIpc) is 2.79. The zero-order valence-electron chi connectivity index (χ0n) is 11.7. The lowest BCUT2D eigenvalue weighted by Gasteiger charge is -2.13. The summed E-state index contributed by atoms with van der Waals surface area (Å²) in [6.45, 7) is 4.41. The monoisotopic (exact) mass is 261 g/mol. The van der Waals surface area contributed by atoms with Gasteiger partial charge in [0.05, 0.1) is 19.9 Å². The third kappa shape index (κ3) is 2.29. The van der Waals surface area contributed by atoms with Gasteiger partial charge in [0, 0.05) is 17.8 Å². The topological polar surface area (TPSA) is 73.2 Å². The van der Waals surface area contributed by atoms with E-state index in [-0.39, 0.29) is 0 Å². The van der Waals surface area contributed by atoms with Gasteiger partial charge in [0.2, 0.25) is 0 Å². The second kappa shape index (κ2) is 5.32. The third-order valence-corrected chi connectivity index (χ3v) is 3.22. The molecule has 0 unspecified atom stereocenters. The van der Waals surface area contributed by atoms with Crippen molar-refractivity contribution in [2.45, 2.75) is 20.4 Å². The van der Waals surface area contributed by atoms with Gasteiger partial charge in [-0.3, -0.25) is 5.10 Å². The second-order valence-electron chi connectivity index (χ2n) is 4.40. The highest BCUT2D eigenvalue weighted by Crippen LogP contribution is 2.37. The summed E-state index contributed by atoms with van der Waals surface area (Å²) < 4.78 is 10.7. The van der Waals surface area contributed by atoms with Crippen molar-refractivity contribution in [3.05, 3.63) is 29.1 Å². The van der Waals surface area contributed by atoms with E-state index in [0.29, 0.717) is 12.3 Å². The summed E-state index contributed by atoms with van der Waals surface area (Å²) in [5.74, 6) is 1.42. The summed E-state index contributed by atoms with van der Waals surface area (Å²) in [7, 11) is 3.26. The fraction of sp³-hybridized carbons (Fsp3) is 0.357. The van der Waals surface area contributed by atoms with Crippen LogP contribution in [0.4, 0.5) is 0 Å². The van der Waals surface area contributed by atoms with E-state index in [1.165, 1.54) is 0 Å². The average molecular weight is 261 g/mol. The van der Waals surface area contributed by atoms with Gasteiger partial charge in [0.1, 0.15) is 0 Å². The van der Waals surface area contributed by atoms with Gasteiger partial charge in [-0.1, -0.05) is 0 Å². The number of benzene rings is 1. The Hall–Kier alpha value is -2.01. The molecule has 5 heteroatoms. The van der Waals surface area contributed by atoms with Gasteiger partial charge in [-0.25, -0.2) is 0 Å². The van der Waals surface area contributed by atoms with Crippen LogP contribution in [0.1, 0.15) is 17.0 Å². The van der Waals surface area contributed by atoms with Crippen LogP contribution in [0.2, 0.25) is 0 Å². The van der Waals surface area contributed by atoms with E-state index in [9.17, 15) is 0 Å². The number of nitrogens with one attached hydrogen (secondary N) is 1. The van der Waals surface area contributed by atoms with Crippen LogP contribution in [-0.4, -0.2) is 24.4 Å². The Labute approximate surface area is 112 Å². The van der Waals surface area contributed by atoms with E-state index in [0.717, 1.165) is 33.8 Å². The summed E-state index contributed by atoms with van der Waals surface area (Å²) in [6.07, 6.45) is 0. The molecule has 0 amide bonds. The highest BCUT2D eigenvalue weighted by Gasteiger charge is 2.16. The van der Waals surface area contributed by atoms with Crippen molar-refractivity contribution in [2.24, 2.45) is 5.73 Å². The molecule has 102 valence electrons. The molecule has 2 aromatic rings. The maximum atomic E-state index is 5.74. The zero-order valence-corrected chi connectivity index (χ0v) is 11.7. The Morgan fingerprint density at radius 3 is 2.37 bits per heavy atom. The lowest BCUT2D eigenvalue weighted by Crippen LogP contribution is -2.00. The number of H-pyrrole nitrogens is 1. The number of nitrogens with two attached hydrogens (primary N) is 1. The molecule has 0 saturated carbocycles. The Kier molecular flexibility index (Phi) is 3.76. The predicted molar refractivity (Wildman–Crippen MR) is 74.5 cm³/mol. The van der Waals surface area contributed by atoms with Crippen molar-refractivity contribution in [3.63, 3.8) is 0 Å². The van der Waals surface area contributed by atoms with Crippen LogP contribution in [0.5, 0.6) is 11.5 Å². The number of hydrogen-bond donors (Lipinski definition) is 2. The third-order valence-electron chi connectivity index (χ3n) is 3.22. The Balaban J connectivity index is 2.65. The van der Waals surface area contributed by atoms with Gasteiger partial charge in [-0.05, 0) is 37.1 Å².